The molecule has 0 aromatic heterocycles. The molecule has 0 fully saturated rings. The Hall–Kier alpha value is -1.55. The van der Waals surface area contributed by atoms with Crippen molar-refractivity contribution in [3.05, 3.63) is 29.3 Å². The maximum absolute atomic E-state index is 12.3. The molecule has 1 aromatic rings. The van der Waals surface area contributed by atoms with E-state index in [4.69, 9.17) is 10.5 Å². The van der Waals surface area contributed by atoms with Gasteiger partial charge in [-0.25, -0.2) is 4.79 Å². The van der Waals surface area contributed by atoms with Crippen molar-refractivity contribution in [2.24, 2.45) is 5.73 Å². The highest BCUT2D eigenvalue weighted by Gasteiger charge is 2.28. The summed E-state index contributed by atoms with van der Waals surface area (Å²) in [4.78, 5) is 14.1. The highest BCUT2D eigenvalue weighted by molar-refractivity contribution is 5.89. The minimum atomic E-state index is -0.478. The van der Waals surface area contributed by atoms with Crippen molar-refractivity contribution in [2.45, 2.75) is 58.6 Å². The lowest BCUT2D eigenvalue weighted by molar-refractivity contribution is 0.0578. The molecule has 2 rings (SSSR count). The highest BCUT2D eigenvalue weighted by atomic mass is 16.6. The molecule has 2 N–H and O–H groups in total. The van der Waals surface area contributed by atoms with Gasteiger partial charge < -0.3 is 10.5 Å². The van der Waals surface area contributed by atoms with Crippen molar-refractivity contribution in [3.8, 4) is 0 Å². The average molecular weight is 290 g/mol. The Morgan fingerprint density at radius 2 is 1.90 bits per heavy atom. The normalized spacial score (nSPS) is 15.6. The SMILES string of the molecule is CC(C)(C)OC(=O)N1CCCc2cc(C(C)(C)N)ccc21. The molecule has 0 radical (unpaired) electrons. The predicted molar refractivity (Wildman–Crippen MR) is 85.6 cm³/mol. The maximum Gasteiger partial charge on any atom is 0.414 e. The molecule has 21 heavy (non-hydrogen) atoms. The summed E-state index contributed by atoms with van der Waals surface area (Å²) >= 11 is 0. The van der Waals surface area contributed by atoms with E-state index < -0.39 is 5.60 Å². The van der Waals surface area contributed by atoms with E-state index >= 15 is 0 Å². The van der Waals surface area contributed by atoms with Gasteiger partial charge in [0, 0.05) is 12.1 Å². The zero-order valence-electron chi connectivity index (χ0n) is 13.7. The Labute approximate surface area is 127 Å². The Balaban J connectivity index is 2.30. The lowest BCUT2D eigenvalue weighted by Gasteiger charge is -2.32. The van der Waals surface area contributed by atoms with Gasteiger partial charge in [0.05, 0.1) is 5.69 Å². The zero-order valence-corrected chi connectivity index (χ0v) is 13.7. The zero-order chi connectivity index (χ0) is 15.8. The summed E-state index contributed by atoms with van der Waals surface area (Å²) in [5, 5.41) is 0. The minimum absolute atomic E-state index is 0.275. The summed E-state index contributed by atoms with van der Waals surface area (Å²) in [6.45, 7) is 10.3. The quantitative estimate of drug-likeness (QED) is 0.860. The second-order valence-electron chi connectivity index (χ2n) is 7.30. The number of amides is 1. The summed E-state index contributed by atoms with van der Waals surface area (Å²) in [5.41, 5.74) is 8.52. The van der Waals surface area contributed by atoms with Crippen molar-refractivity contribution in [1.29, 1.82) is 0 Å². The molecule has 0 aliphatic carbocycles. The van der Waals surface area contributed by atoms with Gasteiger partial charge in [0.1, 0.15) is 5.60 Å². The number of fused-ring (bicyclic) bond motifs is 1. The van der Waals surface area contributed by atoms with Gasteiger partial charge in [-0.2, -0.15) is 0 Å². The highest BCUT2D eigenvalue weighted by Crippen LogP contribution is 2.31. The number of ether oxygens (including phenoxy) is 1. The van der Waals surface area contributed by atoms with Crippen LogP contribution in [-0.4, -0.2) is 18.2 Å². The molecule has 1 aliphatic rings. The van der Waals surface area contributed by atoms with Crippen molar-refractivity contribution in [2.75, 3.05) is 11.4 Å². The van der Waals surface area contributed by atoms with Crippen LogP contribution in [-0.2, 0) is 16.7 Å². The summed E-state index contributed by atoms with van der Waals surface area (Å²) in [5.74, 6) is 0. The van der Waals surface area contributed by atoms with Crippen LogP contribution in [0.25, 0.3) is 0 Å². The average Bonchev–Trinajstić information content (AvgIpc) is 2.34. The van der Waals surface area contributed by atoms with Crippen LogP contribution in [0.15, 0.2) is 18.2 Å². The number of aryl methyl sites for hydroxylation is 1. The first-order chi connectivity index (χ1) is 9.58. The van der Waals surface area contributed by atoms with Crippen molar-refractivity contribution >= 4 is 11.8 Å². The van der Waals surface area contributed by atoms with Crippen LogP contribution < -0.4 is 10.6 Å². The second kappa shape index (κ2) is 5.34. The van der Waals surface area contributed by atoms with Gasteiger partial charge in [0.15, 0.2) is 0 Å². The smallest absolute Gasteiger partial charge is 0.414 e. The second-order valence-corrected chi connectivity index (χ2v) is 7.30. The summed E-state index contributed by atoms with van der Waals surface area (Å²) in [6.07, 6.45) is 1.64. The van der Waals surface area contributed by atoms with E-state index in [1.165, 1.54) is 5.56 Å². The van der Waals surface area contributed by atoms with Gasteiger partial charge in [0.25, 0.3) is 0 Å². The molecule has 1 heterocycles. The molecule has 0 bridgehead atoms. The molecule has 1 aliphatic heterocycles. The number of nitrogens with two attached hydrogens (primary N) is 1. The molecule has 0 unspecified atom stereocenters. The van der Waals surface area contributed by atoms with Crippen LogP contribution in [0.5, 0.6) is 0 Å². The lowest BCUT2D eigenvalue weighted by atomic mass is 9.91. The van der Waals surface area contributed by atoms with Gasteiger partial charge in [0.2, 0.25) is 0 Å². The monoisotopic (exact) mass is 290 g/mol. The first kappa shape index (κ1) is 15.8. The van der Waals surface area contributed by atoms with E-state index in [1.54, 1.807) is 4.90 Å². The molecule has 0 saturated heterocycles. The van der Waals surface area contributed by atoms with Crippen LogP contribution in [0.3, 0.4) is 0 Å². The van der Waals surface area contributed by atoms with Gasteiger partial charge in [-0.1, -0.05) is 12.1 Å². The van der Waals surface area contributed by atoms with E-state index in [2.05, 4.69) is 6.07 Å². The standard InChI is InChI=1S/C17H26N2O2/c1-16(2,3)21-15(20)19-10-6-7-12-11-13(17(4,5)18)8-9-14(12)19/h8-9,11H,6-7,10,18H2,1-5H3. The number of carbonyl (C=O) groups excluding carboxylic acids is 1. The Morgan fingerprint density at radius 1 is 1.24 bits per heavy atom. The van der Waals surface area contributed by atoms with Crippen LogP contribution >= 0.6 is 0 Å². The topological polar surface area (TPSA) is 55.6 Å². The first-order valence-electron chi connectivity index (χ1n) is 7.51. The largest absolute Gasteiger partial charge is 0.443 e. The van der Waals surface area contributed by atoms with Crippen LogP contribution in [0.1, 0.15) is 52.2 Å². The Kier molecular flexibility index (Phi) is 4.02. The van der Waals surface area contributed by atoms with Gasteiger partial charge in [-0.05, 0) is 64.7 Å². The summed E-state index contributed by atoms with van der Waals surface area (Å²) < 4.78 is 5.49. The third kappa shape index (κ3) is 3.76. The molecule has 0 atom stereocenters. The van der Waals surface area contributed by atoms with Crippen LogP contribution in [0.2, 0.25) is 0 Å². The lowest BCUT2D eigenvalue weighted by Crippen LogP contribution is -2.40. The third-order valence-electron chi connectivity index (χ3n) is 3.56. The number of anilines is 1. The van der Waals surface area contributed by atoms with E-state index in [0.29, 0.717) is 6.54 Å². The molecule has 0 saturated carbocycles. The van der Waals surface area contributed by atoms with Gasteiger partial charge in [-0.3, -0.25) is 4.90 Å². The number of hydrogen-bond donors (Lipinski definition) is 1. The number of rotatable bonds is 1. The molecule has 1 amide bonds. The van der Waals surface area contributed by atoms with E-state index in [0.717, 1.165) is 24.1 Å². The predicted octanol–water partition coefficient (Wildman–Crippen LogP) is 3.57. The summed E-state index contributed by atoms with van der Waals surface area (Å²) in [6, 6.07) is 6.11. The van der Waals surface area contributed by atoms with E-state index in [9.17, 15) is 4.79 Å². The molecule has 0 spiro atoms. The van der Waals surface area contributed by atoms with Crippen LogP contribution in [0.4, 0.5) is 10.5 Å². The number of benzene rings is 1. The molecular formula is C17H26N2O2. The fourth-order valence-corrected chi connectivity index (χ4v) is 2.50. The van der Waals surface area contributed by atoms with Crippen LogP contribution in [0, 0.1) is 0 Å². The Bertz CT molecular complexity index is 539. The minimum Gasteiger partial charge on any atom is -0.443 e. The number of carbonyl (C=O) groups is 1. The summed E-state index contributed by atoms with van der Waals surface area (Å²) in [7, 11) is 0. The fraction of sp³-hybridized carbons (Fsp3) is 0.588. The molecular weight excluding hydrogens is 264 g/mol. The van der Waals surface area contributed by atoms with Crippen molar-refractivity contribution in [3.63, 3.8) is 0 Å². The first-order valence-corrected chi connectivity index (χ1v) is 7.51. The molecule has 4 heteroatoms. The number of hydrogen-bond acceptors (Lipinski definition) is 3. The molecule has 4 nitrogen and oxygen atoms in total. The maximum atomic E-state index is 12.3. The molecule has 116 valence electrons. The fourth-order valence-electron chi connectivity index (χ4n) is 2.50. The van der Waals surface area contributed by atoms with Crippen molar-refractivity contribution < 1.29 is 9.53 Å². The third-order valence-corrected chi connectivity index (χ3v) is 3.56. The van der Waals surface area contributed by atoms with E-state index in [-0.39, 0.29) is 11.6 Å². The number of nitrogens with zero attached hydrogens (tertiary/aromatic N) is 1. The Morgan fingerprint density at radius 3 is 2.48 bits per heavy atom. The van der Waals surface area contributed by atoms with Gasteiger partial charge in [-0.15, -0.1) is 0 Å². The van der Waals surface area contributed by atoms with Crippen molar-refractivity contribution in [1.82, 2.24) is 0 Å². The van der Waals surface area contributed by atoms with Gasteiger partial charge >= 0.3 is 6.09 Å². The molecule has 1 aromatic carbocycles. The van der Waals surface area contributed by atoms with E-state index in [1.807, 2.05) is 46.8 Å².